The van der Waals surface area contributed by atoms with Crippen LogP contribution in [0.15, 0.2) is 35.2 Å². The highest BCUT2D eigenvalue weighted by molar-refractivity contribution is 5.51. The predicted octanol–water partition coefficient (Wildman–Crippen LogP) is 3.15. The Morgan fingerprint density at radius 3 is 1.82 bits per heavy atom. The fourth-order valence-electron chi connectivity index (χ4n) is 0.644. The molecule has 0 N–H and O–H groups in total. The Morgan fingerprint density at radius 1 is 1.09 bits per heavy atom. The SMILES string of the molecule is FC1=CC(F)=C(F)C1=C(F)F. The van der Waals surface area contributed by atoms with Crippen molar-refractivity contribution in [2.75, 3.05) is 0 Å². The van der Waals surface area contributed by atoms with Gasteiger partial charge in [0.2, 0.25) is 0 Å². The molecule has 0 aromatic rings. The predicted molar refractivity (Wildman–Crippen MR) is 27.7 cm³/mol. The maximum atomic E-state index is 12.2. The summed E-state index contributed by atoms with van der Waals surface area (Å²) in [4.78, 5) is 0. The van der Waals surface area contributed by atoms with Crippen molar-refractivity contribution in [3.05, 3.63) is 35.2 Å². The first kappa shape index (κ1) is 7.97. The van der Waals surface area contributed by atoms with Gasteiger partial charge in [0.1, 0.15) is 11.4 Å². The fourth-order valence-corrected chi connectivity index (χ4v) is 0.644. The molecule has 11 heavy (non-hydrogen) atoms. The van der Waals surface area contributed by atoms with Crippen molar-refractivity contribution in [3.8, 4) is 0 Å². The zero-order valence-corrected chi connectivity index (χ0v) is 4.97. The lowest BCUT2D eigenvalue weighted by molar-refractivity contribution is 0.403. The van der Waals surface area contributed by atoms with Crippen LogP contribution in [0.1, 0.15) is 0 Å². The van der Waals surface area contributed by atoms with E-state index in [0.29, 0.717) is 0 Å². The molecule has 1 aliphatic carbocycles. The van der Waals surface area contributed by atoms with Gasteiger partial charge in [0, 0.05) is 6.08 Å². The van der Waals surface area contributed by atoms with Crippen LogP contribution in [0.25, 0.3) is 0 Å². The van der Waals surface area contributed by atoms with Crippen LogP contribution in [0.2, 0.25) is 0 Å². The van der Waals surface area contributed by atoms with Gasteiger partial charge in [0.25, 0.3) is 6.08 Å². The second kappa shape index (κ2) is 2.48. The number of halogens is 5. The van der Waals surface area contributed by atoms with Gasteiger partial charge in [-0.2, -0.15) is 8.78 Å². The Bertz CT molecular complexity index is 279. The first-order chi connectivity index (χ1) is 5.04. The van der Waals surface area contributed by atoms with Gasteiger partial charge in [-0.3, -0.25) is 0 Å². The van der Waals surface area contributed by atoms with E-state index >= 15 is 0 Å². The standard InChI is InChI=1S/C6HF5/c7-2-1-3(8)5(9)4(2)6(10)11/h1H. The lowest BCUT2D eigenvalue weighted by Gasteiger charge is -1.91. The third-order valence-electron chi connectivity index (χ3n) is 1.11. The molecule has 0 aromatic heterocycles. The average Bonchev–Trinajstić information content (AvgIpc) is 2.07. The molecule has 0 saturated heterocycles. The summed E-state index contributed by atoms with van der Waals surface area (Å²) in [7, 11) is 0. The molecule has 1 aliphatic rings. The summed E-state index contributed by atoms with van der Waals surface area (Å²) >= 11 is 0. The van der Waals surface area contributed by atoms with Gasteiger partial charge >= 0.3 is 0 Å². The van der Waals surface area contributed by atoms with Crippen molar-refractivity contribution in [2.24, 2.45) is 0 Å². The van der Waals surface area contributed by atoms with Gasteiger partial charge < -0.3 is 0 Å². The van der Waals surface area contributed by atoms with Crippen LogP contribution in [0, 0.1) is 0 Å². The van der Waals surface area contributed by atoms with Crippen molar-refractivity contribution in [1.29, 1.82) is 0 Å². The van der Waals surface area contributed by atoms with Crippen molar-refractivity contribution in [2.45, 2.75) is 0 Å². The Balaban J connectivity index is 3.22. The maximum Gasteiger partial charge on any atom is 0.283 e. The Hall–Kier alpha value is -1.13. The molecule has 60 valence electrons. The third-order valence-corrected chi connectivity index (χ3v) is 1.11. The minimum atomic E-state index is -2.57. The quantitative estimate of drug-likeness (QED) is 0.487. The monoisotopic (exact) mass is 168 g/mol. The van der Waals surface area contributed by atoms with E-state index in [9.17, 15) is 22.0 Å². The summed E-state index contributed by atoms with van der Waals surface area (Å²) in [6, 6.07) is 0. The summed E-state index contributed by atoms with van der Waals surface area (Å²) in [5.74, 6) is -5.03. The number of rotatable bonds is 0. The molecule has 0 atom stereocenters. The Morgan fingerprint density at radius 2 is 1.64 bits per heavy atom. The van der Waals surface area contributed by atoms with E-state index in [2.05, 4.69) is 0 Å². The molecule has 0 fully saturated rings. The molecule has 0 aliphatic heterocycles. The van der Waals surface area contributed by atoms with Crippen molar-refractivity contribution < 1.29 is 22.0 Å². The summed E-state index contributed by atoms with van der Waals surface area (Å²) in [5, 5.41) is 0. The highest BCUT2D eigenvalue weighted by atomic mass is 19.3. The molecule has 0 aromatic carbocycles. The smallest absolute Gasteiger partial charge is 0.206 e. The van der Waals surface area contributed by atoms with Crippen LogP contribution in [0.4, 0.5) is 22.0 Å². The number of allylic oxidation sites excluding steroid dienone is 5. The minimum Gasteiger partial charge on any atom is -0.206 e. The molecule has 0 bridgehead atoms. The van der Waals surface area contributed by atoms with E-state index in [1.807, 2.05) is 0 Å². The largest absolute Gasteiger partial charge is 0.283 e. The molecular formula is C6HF5. The van der Waals surface area contributed by atoms with Gasteiger partial charge in [-0.05, 0) is 0 Å². The zero-order valence-electron chi connectivity index (χ0n) is 4.97. The molecule has 0 radical (unpaired) electrons. The molecule has 0 spiro atoms. The first-order valence-electron chi connectivity index (χ1n) is 2.52. The summed E-state index contributed by atoms with van der Waals surface area (Å²) in [5.41, 5.74) is -1.58. The van der Waals surface area contributed by atoms with Gasteiger partial charge in [-0.25, -0.2) is 13.2 Å². The van der Waals surface area contributed by atoms with Gasteiger partial charge in [-0.1, -0.05) is 0 Å². The first-order valence-corrected chi connectivity index (χ1v) is 2.52. The highest BCUT2D eigenvalue weighted by Gasteiger charge is 2.27. The third kappa shape index (κ3) is 1.18. The van der Waals surface area contributed by atoms with E-state index in [1.54, 1.807) is 0 Å². The molecule has 0 heterocycles. The fraction of sp³-hybridized carbons (Fsp3) is 0. The highest BCUT2D eigenvalue weighted by Crippen LogP contribution is 2.36. The average molecular weight is 168 g/mol. The second-order valence-corrected chi connectivity index (χ2v) is 1.79. The van der Waals surface area contributed by atoms with Gasteiger partial charge in [0.05, 0.1) is 0 Å². The Labute approximate surface area is 58.3 Å². The number of hydrogen-bond acceptors (Lipinski definition) is 0. The molecule has 0 unspecified atom stereocenters. The van der Waals surface area contributed by atoms with E-state index < -0.39 is 29.1 Å². The topological polar surface area (TPSA) is 0 Å². The van der Waals surface area contributed by atoms with Crippen molar-refractivity contribution >= 4 is 0 Å². The van der Waals surface area contributed by atoms with E-state index in [0.717, 1.165) is 0 Å². The van der Waals surface area contributed by atoms with E-state index in [4.69, 9.17) is 0 Å². The summed E-state index contributed by atoms with van der Waals surface area (Å²) in [6.45, 7) is 0. The Kier molecular flexibility index (Phi) is 1.80. The molecular weight excluding hydrogens is 167 g/mol. The van der Waals surface area contributed by atoms with Crippen LogP contribution in [-0.2, 0) is 0 Å². The van der Waals surface area contributed by atoms with Crippen LogP contribution in [0.5, 0.6) is 0 Å². The van der Waals surface area contributed by atoms with E-state index in [1.165, 1.54) is 0 Å². The second-order valence-electron chi connectivity index (χ2n) is 1.79. The van der Waals surface area contributed by atoms with Crippen molar-refractivity contribution in [3.63, 3.8) is 0 Å². The normalized spacial score (nSPS) is 17.5. The summed E-state index contributed by atoms with van der Waals surface area (Å²) in [6.07, 6.45) is -2.49. The molecule has 5 heteroatoms. The van der Waals surface area contributed by atoms with Gasteiger partial charge in [-0.15, -0.1) is 0 Å². The lowest BCUT2D eigenvalue weighted by Crippen LogP contribution is -1.81. The number of hydrogen-bond donors (Lipinski definition) is 0. The van der Waals surface area contributed by atoms with E-state index in [-0.39, 0.29) is 6.08 Å². The van der Waals surface area contributed by atoms with Gasteiger partial charge in [0.15, 0.2) is 11.7 Å². The maximum absolute atomic E-state index is 12.2. The van der Waals surface area contributed by atoms with Crippen LogP contribution in [-0.4, -0.2) is 0 Å². The molecule has 0 saturated carbocycles. The van der Waals surface area contributed by atoms with Crippen LogP contribution >= 0.6 is 0 Å². The lowest BCUT2D eigenvalue weighted by atomic mass is 10.3. The van der Waals surface area contributed by atoms with Crippen LogP contribution in [0.3, 0.4) is 0 Å². The van der Waals surface area contributed by atoms with Crippen molar-refractivity contribution in [1.82, 2.24) is 0 Å². The minimum absolute atomic E-state index is 0.0732. The zero-order chi connectivity index (χ0) is 8.59. The molecule has 0 amide bonds. The van der Waals surface area contributed by atoms with Crippen LogP contribution < -0.4 is 0 Å². The summed E-state index contributed by atoms with van der Waals surface area (Å²) < 4.78 is 59.4. The molecule has 1 rings (SSSR count). The molecule has 0 nitrogen and oxygen atoms in total.